The minimum absolute atomic E-state index is 0. The molecule has 0 saturated carbocycles. The smallest absolute Gasteiger partial charge is 0 e. The minimum atomic E-state index is 0. The van der Waals surface area contributed by atoms with Crippen molar-refractivity contribution in [2.24, 2.45) is 0 Å². The van der Waals surface area contributed by atoms with Crippen LogP contribution in [0.2, 0.25) is 0 Å². The van der Waals surface area contributed by atoms with Gasteiger partial charge in [0, 0.05) is 86.1 Å². The first-order valence-electron chi connectivity index (χ1n) is 0. The van der Waals surface area contributed by atoms with Crippen molar-refractivity contribution in [2.75, 3.05) is 0 Å². The van der Waals surface area contributed by atoms with Gasteiger partial charge in [-0.25, -0.2) is 0 Å². The van der Waals surface area contributed by atoms with Crippen LogP contribution in [0.25, 0.3) is 0 Å². The van der Waals surface area contributed by atoms with E-state index in [9.17, 15) is 0 Å². The molecule has 0 aromatic heterocycles. The Balaban J connectivity index is 0. The van der Waals surface area contributed by atoms with Gasteiger partial charge in [-0.1, -0.05) is 0 Å². The van der Waals surface area contributed by atoms with E-state index in [0.29, 0.717) is 0 Å². The van der Waals surface area contributed by atoms with E-state index in [4.69, 9.17) is 0 Å². The molecule has 0 aromatic carbocycles. The zero-order valence-corrected chi connectivity index (χ0v) is 8.57. The third-order valence-electron chi connectivity index (χ3n) is 0. The molecule has 0 heterocycles. The van der Waals surface area contributed by atoms with E-state index < -0.39 is 0 Å². The molecule has 0 aliphatic carbocycles. The molecular formula is LaLiOZr. The number of hydrogen-bond acceptors (Lipinski definition) is 0. The third kappa shape index (κ3) is 8.82. The Morgan fingerprint density at radius 1 is 1.00 bits per heavy atom. The van der Waals surface area contributed by atoms with Gasteiger partial charge in [-0.2, -0.15) is 0 Å². The monoisotopic (exact) mass is 252 g/mol. The Labute approximate surface area is 84.5 Å². The second-order valence-electron chi connectivity index (χ2n) is 0. The molecule has 4 radical (unpaired) electrons. The maximum atomic E-state index is 0. The number of hydrogen-bond donors (Lipinski definition) is 0. The Kier molecular flexibility index (Phi) is 132. The van der Waals surface area contributed by atoms with Crippen LogP contribution in [0.15, 0.2) is 0 Å². The summed E-state index contributed by atoms with van der Waals surface area (Å²) in [5.41, 5.74) is 0. The van der Waals surface area contributed by atoms with Gasteiger partial charge in [-0.3, -0.25) is 0 Å². The fraction of sp³-hybridized carbons (Fsp3) is 0. The molecule has 0 amide bonds. The first kappa shape index (κ1) is 30.3. The van der Waals surface area contributed by atoms with Crippen LogP contribution in [0.4, 0.5) is 0 Å². The molecule has 4 heteroatoms. The van der Waals surface area contributed by atoms with Crippen molar-refractivity contribution in [1.82, 2.24) is 0 Å². The predicted octanol–water partition coefficient (Wildman–Crippen LogP) is -0.502. The molecule has 0 spiro atoms. The summed E-state index contributed by atoms with van der Waals surface area (Å²) in [6, 6.07) is 0. The molecule has 0 unspecified atom stereocenters. The molecule has 0 fully saturated rings. The van der Waals surface area contributed by atoms with Gasteiger partial charge in [0.25, 0.3) is 0 Å². The molecule has 0 rings (SSSR count). The van der Waals surface area contributed by atoms with E-state index in [0.717, 1.165) is 0 Å². The van der Waals surface area contributed by atoms with E-state index in [-0.39, 0.29) is 86.1 Å². The third-order valence-corrected chi connectivity index (χ3v) is 0. The van der Waals surface area contributed by atoms with Gasteiger partial charge in [0.2, 0.25) is 0 Å². The van der Waals surface area contributed by atoms with E-state index in [1.165, 1.54) is 0 Å². The topological polar surface area (TPSA) is 28.5 Å². The molecule has 0 atom stereocenters. The van der Waals surface area contributed by atoms with Crippen LogP contribution in [0, 0.1) is 35.6 Å². The molecule has 1 nitrogen and oxygen atoms in total. The molecule has 0 saturated heterocycles. The van der Waals surface area contributed by atoms with Gasteiger partial charge in [0.15, 0.2) is 0 Å². The molecule has 0 aromatic rings. The second kappa shape index (κ2) is 17.4. The first-order valence-corrected chi connectivity index (χ1v) is 0. The maximum Gasteiger partial charge on any atom is 0 e. The summed E-state index contributed by atoms with van der Waals surface area (Å²) in [6.45, 7) is 0. The summed E-state index contributed by atoms with van der Waals surface area (Å²) in [7, 11) is 0. The second-order valence-corrected chi connectivity index (χ2v) is 0. The molecule has 4 heavy (non-hydrogen) atoms. The van der Waals surface area contributed by atoms with Crippen LogP contribution in [0.5, 0.6) is 0 Å². The standard InChI is InChI=1S/La.Li.O.Zr. The van der Waals surface area contributed by atoms with Crippen molar-refractivity contribution in [3.8, 4) is 0 Å². The molecule has 0 N–H and O–H groups in total. The minimum Gasteiger partial charge on any atom is 0 e. The quantitative estimate of drug-likeness (QED) is 0.521. The molecule has 0 bridgehead atoms. The van der Waals surface area contributed by atoms with E-state index in [2.05, 4.69) is 0 Å². The fourth-order valence-electron chi connectivity index (χ4n) is 0. The summed E-state index contributed by atoms with van der Waals surface area (Å²) in [5, 5.41) is 0. The maximum absolute atomic E-state index is 0. The van der Waals surface area contributed by atoms with Gasteiger partial charge in [0.1, 0.15) is 0 Å². The zero-order chi connectivity index (χ0) is 0. The van der Waals surface area contributed by atoms with Crippen molar-refractivity contribution in [3.05, 3.63) is 0 Å². The summed E-state index contributed by atoms with van der Waals surface area (Å²) >= 11 is 0. The van der Waals surface area contributed by atoms with Crippen LogP contribution in [-0.2, 0) is 31.7 Å². The average molecular weight is 253 g/mol. The molecular weight excluding hydrogens is 253 g/mol. The molecule has 0 aliphatic rings. The summed E-state index contributed by atoms with van der Waals surface area (Å²) in [4.78, 5) is 0. The van der Waals surface area contributed by atoms with Gasteiger partial charge >= 0.3 is 0 Å². The van der Waals surface area contributed by atoms with Gasteiger partial charge < -0.3 is 0 Å². The van der Waals surface area contributed by atoms with E-state index >= 15 is 0 Å². The van der Waals surface area contributed by atoms with Crippen molar-refractivity contribution < 1.29 is 67.3 Å². The normalized spacial score (nSPS) is 0. The first-order chi connectivity index (χ1) is 0. The fourth-order valence-corrected chi connectivity index (χ4v) is 0. The summed E-state index contributed by atoms with van der Waals surface area (Å²) < 4.78 is 0. The Morgan fingerprint density at radius 3 is 1.00 bits per heavy atom. The molecule has 0 aliphatic heterocycles. The Bertz CT molecular complexity index is 8.00. The van der Waals surface area contributed by atoms with Gasteiger partial charge in [-0.15, -0.1) is 0 Å². The summed E-state index contributed by atoms with van der Waals surface area (Å²) in [6.07, 6.45) is 0. The van der Waals surface area contributed by atoms with Gasteiger partial charge in [-0.05, 0) is 0 Å². The van der Waals surface area contributed by atoms with Crippen LogP contribution >= 0.6 is 0 Å². The Hall–Kier alpha value is 2.64. The predicted molar refractivity (Wildman–Crippen MR) is 6.44 cm³/mol. The van der Waals surface area contributed by atoms with Gasteiger partial charge in [0.05, 0.1) is 0 Å². The van der Waals surface area contributed by atoms with Crippen LogP contribution in [0.1, 0.15) is 0 Å². The van der Waals surface area contributed by atoms with Crippen LogP contribution in [-0.4, -0.2) is 18.9 Å². The Morgan fingerprint density at radius 2 is 1.00 bits per heavy atom. The van der Waals surface area contributed by atoms with Crippen LogP contribution in [0.3, 0.4) is 0 Å². The van der Waals surface area contributed by atoms with Crippen molar-refractivity contribution in [1.29, 1.82) is 0 Å². The number of rotatable bonds is 0. The van der Waals surface area contributed by atoms with E-state index in [1.807, 2.05) is 0 Å². The van der Waals surface area contributed by atoms with Crippen molar-refractivity contribution >= 4 is 18.9 Å². The van der Waals surface area contributed by atoms with Crippen molar-refractivity contribution in [2.45, 2.75) is 0 Å². The SMILES string of the molecule is [La].[Li].[O].[Zr]. The van der Waals surface area contributed by atoms with Crippen molar-refractivity contribution in [3.63, 3.8) is 0 Å². The molecule has 14 valence electrons. The zero-order valence-electron chi connectivity index (χ0n) is 2.49. The largest absolute Gasteiger partial charge is 0 e. The average Bonchev–Trinajstić information content (AvgIpc) is 0. The van der Waals surface area contributed by atoms with E-state index in [1.54, 1.807) is 0 Å². The summed E-state index contributed by atoms with van der Waals surface area (Å²) in [5.74, 6) is 0. The van der Waals surface area contributed by atoms with Crippen LogP contribution < -0.4 is 0 Å².